The highest BCUT2D eigenvalue weighted by Gasteiger charge is 2.16. The summed E-state index contributed by atoms with van der Waals surface area (Å²) in [5, 5.41) is 20.7. The van der Waals surface area contributed by atoms with Crippen LogP contribution in [0.25, 0.3) is 16.5 Å². The van der Waals surface area contributed by atoms with Gasteiger partial charge in [0.05, 0.1) is 16.8 Å². The quantitative estimate of drug-likeness (QED) is 0.761. The molecule has 3 rings (SSSR count). The first kappa shape index (κ1) is 15.9. The standard InChI is InChI=1S/C20H17NO3/c1-12(2)18-11-16(15-5-3-4-6-17(15)21-18)19(22)13-7-9-14(10-8-13)20(23)24/h3-11,19,22H,1H2,2H3,(H,23,24). The molecule has 1 aromatic heterocycles. The highest BCUT2D eigenvalue weighted by molar-refractivity contribution is 5.88. The van der Waals surface area contributed by atoms with E-state index in [0.29, 0.717) is 5.56 Å². The van der Waals surface area contributed by atoms with Crippen molar-refractivity contribution in [1.29, 1.82) is 0 Å². The number of fused-ring (bicyclic) bond motifs is 1. The van der Waals surface area contributed by atoms with Crippen LogP contribution in [0, 0.1) is 0 Å². The molecule has 0 radical (unpaired) electrons. The number of aromatic nitrogens is 1. The largest absolute Gasteiger partial charge is 0.478 e. The van der Waals surface area contributed by atoms with E-state index in [1.165, 1.54) is 12.1 Å². The number of carboxylic acid groups (broad SMARTS) is 1. The molecule has 0 aliphatic carbocycles. The molecule has 4 nitrogen and oxygen atoms in total. The highest BCUT2D eigenvalue weighted by Crippen LogP contribution is 2.30. The molecular weight excluding hydrogens is 302 g/mol. The van der Waals surface area contributed by atoms with Crippen molar-refractivity contribution in [2.45, 2.75) is 13.0 Å². The maximum absolute atomic E-state index is 11.0. The Hall–Kier alpha value is -2.98. The SMILES string of the molecule is C=C(C)c1cc(C(O)c2ccc(C(=O)O)cc2)c2ccccc2n1. The van der Waals surface area contributed by atoms with Crippen molar-refractivity contribution in [3.05, 3.63) is 83.6 Å². The Morgan fingerprint density at radius 2 is 1.79 bits per heavy atom. The molecule has 0 saturated carbocycles. The van der Waals surface area contributed by atoms with Gasteiger partial charge in [-0.25, -0.2) is 9.78 Å². The normalized spacial score (nSPS) is 12.1. The van der Waals surface area contributed by atoms with Gasteiger partial charge in [-0.1, -0.05) is 36.9 Å². The number of para-hydroxylation sites is 1. The summed E-state index contributed by atoms with van der Waals surface area (Å²) >= 11 is 0. The van der Waals surface area contributed by atoms with Gasteiger partial charge in [0.25, 0.3) is 0 Å². The van der Waals surface area contributed by atoms with E-state index < -0.39 is 12.1 Å². The Balaban J connectivity index is 2.13. The van der Waals surface area contributed by atoms with Crippen LogP contribution < -0.4 is 0 Å². The summed E-state index contributed by atoms with van der Waals surface area (Å²) in [6, 6.07) is 15.7. The first-order valence-electron chi connectivity index (χ1n) is 7.54. The molecule has 2 aromatic carbocycles. The fraction of sp³-hybridized carbons (Fsp3) is 0.100. The number of rotatable bonds is 4. The van der Waals surface area contributed by atoms with Gasteiger partial charge in [0, 0.05) is 5.39 Å². The molecule has 0 fully saturated rings. The Morgan fingerprint density at radius 1 is 1.12 bits per heavy atom. The molecule has 2 N–H and O–H groups in total. The molecule has 1 atom stereocenters. The fourth-order valence-corrected chi connectivity index (χ4v) is 2.63. The maximum Gasteiger partial charge on any atom is 0.335 e. The minimum absolute atomic E-state index is 0.188. The smallest absolute Gasteiger partial charge is 0.335 e. The van der Waals surface area contributed by atoms with Crippen molar-refractivity contribution >= 4 is 22.4 Å². The van der Waals surface area contributed by atoms with E-state index in [4.69, 9.17) is 5.11 Å². The fourth-order valence-electron chi connectivity index (χ4n) is 2.63. The molecule has 0 aliphatic heterocycles. The monoisotopic (exact) mass is 319 g/mol. The third-order valence-corrected chi connectivity index (χ3v) is 3.95. The summed E-state index contributed by atoms with van der Waals surface area (Å²) < 4.78 is 0. The van der Waals surface area contributed by atoms with E-state index in [9.17, 15) is 9.90 Å². The van der Waals surface area contributed by atoms with E-state index in [1.54, 1.807) is 12.1 Å². The van der Waals surface area contributed by atoms with Crippen molar-refractivity contribution < 1.29 is 15.0 Å². The summed E-state index contributed by atoms with van der Waals surface area (Å²) in [7, 11) is 0. The Labute approximate surface area is 139 Å². The topological polar surface area (TPSA) is 70.4 Å². The number of aliphatic hydroxyl groups is 1. The third kappa shape index (κ3) is 2.92. The molecule has 3 aromatic rings. The molecule has 0 bridgehead atoms. The van der Waals surface area contributed by atoms with E-state index in [2.05, 4.69) is 11.6 Å². The second kappa shape index (κ2) is 6.26. The van der Waals surface area contributed by atoms with E-state index in [-0.39, 0.29) is 5.56 Å². The zero-order chi connectivity index (χ0) is 17.3. The van der Waals surface area contributed by atoms with Crippen molar-refractivity contribution in [3.63, 3.8) is 0 Å². The van der Waals surface area contributed by atoms with Gasteiger partial charge >= 0.3 is 5.97 Å². The molecule has 120 valence electrons. The first-order valence-corrected chi connectivity index (χ1v) is 7.54. The number of pyridine rings is 1. The lowest BCUT2D eigenvalue weighted by Crippen LogP contribution is -2.04. The minimum atomic E-state index is -0.991. The lowest BCUT2D eigenvalue weighted by atomic mass is 9.95. The first-order chi connectivity index (χ1) is 11.5. The summed E-state index contributed by atoms with van der Waals surface area (Å²) in [5.74, 6) is -0.991. The second-order valence-corrected chi connectivity index (χ2v) is 5.72. The van der Waals surface area contributed by atoms with Crippen LogP contribution in [0.5, 0.6) is 0 Å². The average molecular weight is 319 g/mol. The minimum Gasteiger partial charge on any atom is -0.478 e. The number of benzene rings is 2. The van der Waals surface area contributed by atoms with Crippen molar-refractivity contribution in [2.24, 2.45) is 0 Å². The highest BCUT2D eigenvalue weighted by atomic mass is 16.4. The van der Waals surface area contributed by atoms with Gasteiger partial charge in [-0.05, 0) is 47.9 Å². The van der Waals surface area contributed by atoms with Crippen LogP contribution in [-0.4, -0.2) is 21.2 Å². The van der Waals surface area contributed by atoms with E-state index in [1.807, 2.05) is 37.3 Å². The molecule has 1 heterocycles. The molecular formula is C20H17NO3. The van der Waals surface area contributed by atoms with Crippen molar-refractivity contribution in [1.82, 2.24) is 4.98 Å². The Morgan fingerprint density at radius 3 is 2.42 bits per heavy atom. The number of hydrogen-bond acceptors (Lipinski definition) is 3. The van der Waals surface area contributed by atoms with Gasteiger partial charge in [-0.2, -0.15) is 0 Å². The molecule has 24 heavy (non-hydrogen) atoms. The molecule has 0 aliphatic rings. The Bertz CT molecular complexity index is 929. The molecule has 0 amide bonds. The van der Waals surface area contributed by atoms with Gasteiger partial charge in [0.15, 0.2) is 0 Å². The van der Waals surface area contributed by atoms with Gasteiger partial charge in [0.1, 0.15) is 6.10 Å². The number of hydrogen-bond donors (Lipinski definition) is 2. The summed E-state index contributed by atoms with van der Waals surface area (Å²) in [6.07, 6.45) is -0.876. The average Bonchev–Trinajstić information content (AvgIpc) is 2.60. The van der Waals surface area contributed by atoms with Crippen LogP contribution in [-0.2, 0) is 0 Å². The van der Waals surface area contributed by atoms with Crippen molar-refractivity contribution in [3.8, 4) is 0 Å². The summed E-state index contributed by atoms with van der Waals surface area (Å²) in [6.45, 7) is 5.80. The Kier molecular flexibility index (Phi) is 4.15. The predicted molar refractivity (Wildman–Crippen MR) is 93.9 cm³/mol. The predicted octanol–water partition coefficient (Wildman–Crippen LogP) is 4.05. The van der Waals surface area contributed by atoms with Gasteiger partial charge < -0.3 is 10.2 Å². The maximum atomic E-state index is 11.0. The van der Waals surface area contributed by atoms with Crippen LogP contribution in [0.1, 0.15) is 40.2 Å². The van der Waals surface area contributed by atoms with E-state index >= 15 is 0 Å². The number of aliphatic hydroxyl groups excluding tert-OH is 1. The zero-order valence-electron chi connectivity index (χ0n) is 13.2. The summed E-state index contributed by atoms with van der Waals surface area (Å²) in [5.41, 5.74) is 3.87. The summed E-state index contributed by atoms with van der Waals surface area (Å²) in [4.78, 5) is 15.5. The lowest BCUT2D eigenvalue weighted by molar-refractivity contribution is 0.0696. The molecule has 0 saturated heterocycles. The number of allylic oxidation sites excluding steroid dienone is 1. The number of carbonyl (C=O) groups is 1. The van der Waals surface area contributed by atoms with Crippen LogP contribution >= 0.6 is 0 Å². The number of nitrogens with zero attached hydrogens (tertiary/aromatic N) is 1. The molecule has 0 spiro atoms. The van der Waals surface area contributed by atoms with Crippen LogP contribution in [0.3, 0.4) is 0 Å². The third-order valence-electron chi connectivity index (χ3n) is 3.95. The van der Waals surface area contributed by atoms with Crippen LogP contribution in [0.15, 0.2) is 61.2 Å². The molecule has 4 heteroatoms. The van der Waals surface area contributed by atoms with Gasteiger partial charge in [-0.15, -0.1) is 0 Å². The number of carboxylic acids is 1. The van der Waals surface area contributed by atoms with E-state index in [0.717, 1.165) is 27.7 Å². The lowest BCUT2D eigenvalue weighted by Gasteiger charge is -2.16. The van der Waals surface area contributed by atoms with Crippen molar-refractivity contribution in [2.75, 3.05) is 0 Å². The second-order valence-electron chi connectivity index (χ2n) is 5.72. The van der Waals surface area contributed by atoms with Crippen LogP contribution in [0.4, 0.5) is 0 Å². The van der Waals surface area contributed by atoms with Crippen LogP contribution in [0.2, 0.25) is 0 Å². The number of aromatic carboxylic acids is 1. The van der Waals surface area contributed by atoms with Gasteiger partial charge in [-0.3, -0.25) is 0 Å². The zero-order valence-corrected chi connectivity index (χ0v) is 13.2. The van der Waals surface area contributed by atoms with Gasteiger partial charge in [0.2, 0.25) is 0 Å². The molecule has 1 unspecified atom stereocenters.